The molecule has 2 aromatic carbocycles. The molecule has 0 bridgehead atoms. The molecule has 5 nitrogen and oxygen atoms in total. The van der Waals surface area contributed by atoms with Crippen molar-refractivity contribution in [1.29, 1.82) is 0 Å². The Morgan fingerprint density at radius 1 is 1.12 bits per heavy atom. The lowest BCUT2D eigenvalue weighted by Crippen LogP contribution is -2.43. The molecule has 1 heterocycles. The lowest BCUT2D eigenvalue weighted by atomic mass is 10.1. The van der Waals surface area contributed by atoms with E-state index >= 15 is 0 Å². The van der Waals surface area contributed by atoms with Gasteiger partial charge in [0.05, 0.1) is 0 Å². The second-order valence-electron chi connectivity index (χ2n) is 6.00. The molecule has 3 atom stereocenters. The van der Waals surface area contributed by atoms with Crippen LogP contribution in [0.25, 0.3) is 0 Å². The summed E-state index contributed by atoms with van der Waals surface area (Å²) in [5.74, 6) is -0.705. The van der Waals surface area contributed by atoms with E-state index < -0.39 is 18.1 Å². The van der Waals surface area contributed by atoms with Crippen molar-refractivity contribution in [2.45, 2.75) is 31.5 Å². The molecule has 0 spiro atoms. The third kappa shape index (κ3) is 3.16. The van der Waals surface area contributed by atoms with Gasteiger partial charge in [0.2, 0.25) is 5.91 Å². The average molecular weight is 324 g/mol. The van der Waals surface area contributed by atoms with E-state index in [9.17, 15) is 14.7 Å². The van der Waals surface area contributed by atoms with Gasteiger partial charge in [-0.15, -0.1) is 0 Å². The van der Waals surface area contributed by atoms with E-state index in [2.05, 4.69) is 5.32 Å². The summed E-state index contributed by atoms with van der Waals surface area (Å²) in [6.45, 7) is 1.95. The van der Waals surface area contributed by atoms with E-state index in [1.54, 1.807) is 29.2 Å². The largest absolute Gasteiger partial charge is 0.378 e. The number of anilines is 1. The SMILES string of the molecule is CC1CC(NC(=O)C(O)c2ccccc2)C(=O)N1c1ccccc1. The molecule has 1 aliphatic heterocycles. The van der Waals surface area contributed by atoms with Crippen LogP contribution in [0.2, 0.25) is 0 Å². The van der Waals surface area contributed by atoms with Crippen LogP contribution in [0, 0.1) is 0 Å². The lowest BCUT2D eigenvalue weighted by Gasteiger charge is -2.21. The highest BCUT2D eigenvalue weighted by Crippen LogP contribution is 2.27. The maximum Gasteiger partial charge on any atom is 0.254 e. The third-order valence-electron chi connectivity index (χ3n) is 4.27. The minimum absolute atomic E-state index is 0.0148. The number of benzene rings is 2. The smallest absolute Gasteiger partial charge is 0.254 e. The van der Waals surface area contributed by atoms with Crippen molar-refractivity contribution in [2.75, 3.05) is 4.90 Å². The zero-order valence-corrected chi connectivity index (χ0v) is 13.4. The summed E-state index contributed by atoms with van der Waals surface area (Å²) < 4.78 is 0. The van der Waals surface area contributed by atoms with E-state index in [4.69, 9.17) is 0 Å². The van der Waals surface area contributed by atoms with Crippen LogP contribution in [-0.2, 0) is 9.59 Å². The number of carbonyl (C=O) groups excluding carboxylic acids is 2. The van der Waals surface area contributed by atoms with Crippen LogP contribution in [0.5, 0.6) is 0 Å². The number of nitrogens with zero attached hydrogens (tertiary/aromatic N) is 1. The Morgan fingerprint density at radius 2 is 1.71 bits per heavy atom. The van der Waals surface area contributed by atoms with Crippen molar-refractivity contribution in [2.24, 2.45) is 0 Å². The van der Waals surface area contributed by atoms with Crippen LogP contribution >= 0.6 is 0 Å². The molecule has 0 saturated carbocycles. The molecule has 124 valence electrons. The summed E-state index contributed by atoms with van der Waals surface area (Å²) in [7, 11) is 0. The first-order valence-electron chi connectivity index (χ1n) is 7.99. The molecule has 0 aromatic heterocycles. The lowest BCUT2D eigenvalue weighted by molar-refractivity contribution is -0.132. The fraction of sp³-hybridized carbons (Fsp3) is 0.263. The Labute approximate surface area is 140 Å². The number of nitrogens with one attached hydrogen (secondary N) is 1. The maximum absolute atomic E-state index is 12.6. The summed E-state index contributed by atoms with van der Waals surface area (Å²) >= 11 is 0. The van der Waals surface area contributed by atoms with Gasteiger partial charge in [-0.3, -0.25) is 9.59 Å². The fourth-order valence-electron chi connectivity index (χ4n) is 3.06. The Morgan fingerprint density at radius 3 is 2.33 bits per heavy atom. The monoisotopic (exact) mass is 324 g/mol. The number of rotatable bonds is 4. The topological polar surface area (TPSA) is 69.6 Å². The highest BCUT2D eigenvalue weighted by Gasteiger charge is 2.39. The van der Waals surface area contributed by atoms with Crippen LogP contribution in [0.1, 0.15) is 25.0 Å². The highest BCUT2D eigenvalue weighted by molar-refractivity contribution is 6.02. The summed E-state index contributed by atoms with van der Waals surface area (Å²) in [6.07, 6.45) is -0.763. The van der Waals surface area contributed by atoms with Crippen molar-refractivity contribution in [3.63, 3.8) is 0 Å². The van der Waals surface area contributed by atoms with Gasteiger partial charge in [-0.1, -0.05) is 48.5 Å². The number of carbonyl (C=O) groups is 2. The molecule has 3 rings (SSSR count). The van der Waals surface area contributed by atoms with Gasteiger partial charge < -0.3 is 15.3 Å². The zero-order chi connectivity index (χ0) is 17.1. The van der Waals surface area contributed by atoms with E-state index in [1.807, 2.05) is 43.3 Å². The van der Waals surface area contributed by atoms with Gasteiger partial charge >= 0.3 is 0 Å². The molecule has 3 unspecified atom stereocenters. The Balaban J connectivity index is 1.70. The van der Waals surface area contributed by atoms with E-state index in [0.717, 1.165) is 5.69 Å². The normalized spacial score (nSPS) is 21.6. The van der Waals surface area contributed by atoms with Gasteiger partial charge in [0.15, 0.2) is 6.10 Å². The van der Waals surface area contributed by atoms with Crippen LogP contribution < -0.4 is 10.2 Å². The number of aliphatic hydroxyl groups is 1. The fourth-order valence-corrected chi connectivity index (χ4v) is 3.06. The van der Waals surface area contributed by atoms with Crippen molar-refractivity contribution in [1.82, 2.24) is 5.32 Å². The van der Waals surface area contributed by atoms with E-state index in [1.165, 1.54) is 0 Å². The van der Waals surface area contributed by atoms with Crippen molar-refractivity contribution in [3.8, 4) is 0 Å². The van der Waals surface area contributed by atoms with Crippen LogP contribution in [0.15, 0.2) is 60.7 Å². The Kier molecular flexibility index (Phi) is 4.62. The van der Waals surface area contributed by atoms with Crippen molar-refractivity contribution in [3.05, 3.63) is 66.2 Å². The first-order valence-corrected chi connectivity index (χ1v) is 7.99. The molecular weight excluding hydrogens is 304 g/mol. The Bertz CT molecular complexity index is 718. The second-order valence-corrected chi connectivity index (χ2v) is 6.00. The van der Waals surface area contributed by atoms with Gasteiger partial charge in [0.1, 0.15) is 6.04 Å². The number of para-hydroxylation sites is 1. The Hall–Kier alpha value is -2.66. The van der Waals surface area contributed by atoms with E-state index in [0.29, 0.717) is 12.0 Å². The zero-order valence-electron chi connectivity index (χ0n) is 13.4. The predicted molar refractivity (Wildman–Crippen MR) is 91.3 cm³/mol. The summed E-state index contributed by atoms with van der Waals surface area (Å²) in [5.41, 5.74) is 1.32. The van der Waals surface area contributed by atoms with Crippen molar-refractivity contribution < 1.29 is 14.7 Å². The summed E-state index contributed by atoms with van der Waals surface area (Å²) in [6, 6.07) is 17.4. The second kappa shape index (κ2) is 6.84. The third-order valence-corrected chi connectivity index (χ3v) is 4.27. The van der Waals surface area contributed by atoms with Gasteiger partial charge in [0.25, 0.3) is 5.91 Å². The molecule has 1 aliphatic rings. The molecule has 24 heavy (non-hydrogen) atoms. The quantitative estimate of drug-likeness (QED) is 0.904. The minimum atomic E-state index is -1.28. The molecular formula is C19H20N2O3. The molecule has 1 saturated heterocycles. The molecule has 2 aromatic rings. The van der Waals surface area contributed by atoms with Crippen LogP contribution in [0.4, 0.5) is 5.69 Å². The molecule has 2 amide bonds. The number of aliphatic hydroxyl groups excluding tert-OH is 1. The van der Waals surface area contributed by atoms with E-state index in [-0.39, 0.29) is 11.9 Å². The summed E-state index contributed by atoms with van der Waals surface area (Å²) in [4.78, 5) is 26.6. The maximum atomic E-state index is 12.6. The molecule has 2 N–H and O–H groups in total. The predicted octanol–water partition coefficient (Wildman–Crippen LogP) is 2.03. The molecule has 1 fully saturated rings. The summed E-state index contributed by atoms with van der Waals surface area (Å²) in [5, 5.41) is 12.8. The first kappa shape index (κ1) is 16.2. The number of hydrogen-bond donors (Lipinski definition) is 2. The highest BCUT2D eigenvalue weighted by atomic mass is 16.3. The van der Waals surface area contributed by atoms with Gasteiger partial charge in [-0.2, -0.15) is 0 Å². The molecule has 5 heteroatoms. The standard InChI is InChI=1S/C19H20N2O3/c1-13-12-16(19(24)21(13)15-10-6-3-7-11-15)20-18(23)17(22)14-8-4-2-5-9-14/h2-11,13,16-17,22H,12H2,1H3,(H,20,23). The first-order chi connectivity index (χ1) is 11.6. The van der Waals surface area contributed by atoms with Gasteiger partial charge in [-0.05, 0) is 31.0 Å². The number of hydrogen-bond acceptors (Lipinski definition) is 3. The number of amides is 2. The van der Waals surface area contributed by atoms with Crippen LogP contribution in [0.3, 0.4) is 0 Å². The molecule has 0 radical (unpaired) electrons. The van der Waals surface area contributed by atoms with Gasteiger partial charge in [-0.25, -0.2) is 0 Å². The van der Waals surface area contributed by atoms with Gasteiger partial charge in [0, 0.05) is 11.7 Å². The van der Waals surface area contributed by atoms with Crippen molar-refractivity contribution >= 4 is 17.5 Å². The average Bonchev–Trinajstić information content (AvgIpc) is 2.89. The molecule has 0 aliphatic carbocycles. The van der Waals surface area contributed by atoms with Crippen LogP contribution in [-0.4, -0.2) is 29.0 Å². The minimum Gasteiger partial charge on any atom is -0.378 e.